The first-order valence-electron chi connectivity index (χ1n) is 3.81. The second-order valence-electron chi connectivity index (χ2n) is 2.54. The minimum Gasteiger partial charge on any atom is -0.481 e. The number of anilines is 1. The Bertz CT molecular complexity index is 348. The van der Waals surface area contributed by atoms with Crippen LogP contribution in [0.3, 0.4) is 0 Å². The summed E-state index contributed by atoms with van der Waals surface area (Å²) in [6.45, 7) is 0. The van der Waals surface area contributed by atoms with E-state index < -0.39 is 9.70 Å². The van der Waals surface area contributed by atoms with Crippen molar-refractivity contribution in [1.82, 2.24) is 4.98 Å². The van der Waals surface area contributed by atoms with Crippen molar-refractivity contribution < 1.29 is 9.53 Å². The number of halogens is 3. The Hall–Kier alpha value is -0.710. The molecule has 7 heteroatoms. The van der Waals surface area contributed by atoms with Crippen LogP contribution < -0.4 is 10.1 Å². The fourth-order valence-corrected chi connectivity index (χ4v) is 0.919. The van der Waals surface area contributed by atoms with Gasteiger partial charge in [-0.1, -0.05) is 34.8 Å². The van der Waals surface area contributed by atoms with Gasteiger partial charge in [0.15, 0.2) is 0 Å². The van der Waals surface area contributed by atoms with Gasteiger partial charge in [0.25, 0.3) is 9.70 Å². The smallest absolute Gasteiger partial charge is 0.276 e. The number of amides is 1. The van der Waals surface area contributed by atoms with Crippen molar-refractivity contribution in [3.05, 3.63) is 18.3 Å². The molecule has 0 bridgehead atoms. The largest absolute Gasteiger partial charge is 0.481 e. The van der Waals surface area contributed by atoms with Crippen LogP contribution in [0.1, 0.15) is 0 Å². The zero-order valence-corrected chi connectivity index (χ0v) is 9.90. The maximum atomic E-state index is 11.2. The second-order valence-corrected chi connectivity index (χ2v) is 4.82. The molecule has 0 aliphatic heterocycles. The number of carbonyl (C=O) groups is 1. The zero-order chi connectivity index (χ0) is 11.5. The van der Waals surface area contributed by atoms with E-state index >= 15 is 0 Å². The van der Waals surface area contributed by atoms with E-state index in [9.17, 15) is 4.79 Å². The summed E-state index contributed by atoms with van der Waals surface area (Å²) in [5, 5.41) is 2.38. The Kier molecular flexibility index (Phi) is 4.02. The molecule has 1 heterocycles. The molecule has 0 saturated carbocycles. The minimum atomic E-state index is -1.99. The number of alkyl halides is 3. The Labute approximate surface area is 101 Å². The number of aromatic nitrogens is 1. The summed E-state index contributed by atoms with van der Waals surface area (Å²) in [5.41, 5.74) is 0.423. The Balaban J connectivity index is 2.70. The number of hydrogen-bond acceptors (Lipinski definition) is 3. The van der Waals surface area contributed by atoms with Crippen LogP contribution in [0.4, 0.5) is 5.69 Å². The van der Waals surface area contributed by atoms with E-state index in [1.165, 1.54) is 13.3 Å². The van der Waals surface area contributed by atoms with E-state index in [2.05, 4.69) is 10.3 Å². The maximum absolute atomic E-state index is 11.2. The lowest BCUT2D eigenvalue weighted by molar-refractivity contribution is -0.115. The van der Waals surface area contributed by atoms with Crippen molar-refractivity contribution in [2.24, 2.45) is 0 Å². The topological polar surface area (TPSA) is 51.2 Å². The molecule has 1 rings (SSSR count). The lowest BCUT2D eigenvalue weighted by Crippen LogP contribution is -2.26. The number of hydrogen-bond donors (Lipinski definition) is 1. The number of carbonyl (C=O) groups excluding carboxylic acids is 1. The predicted octanol–water partition coefficient (Wildman–Crippen LogP) is 2.40. The first-order chi connectivity index (χ1) is 6.93. The van der Waals surface area contributed by atoms with Crippen molar-refractivity contribution in [3.8, 4) is 5.88 Å². The van der Waals surface area contributed by atoms with E-state index in [0.717, 1.165) is 0 Å². The van der Waals surface area contributed by atoms with Gasteiger partial charge in [-0.2, -0.15) is 0 Å². The summed E-state index contributed by atoms with van der Waals surface area (Å²) >= 11 is 16.1. The first-order valence-corrected chi connectivity index (χ1v) is 4.95. The fourth-order valence-electron chi connectivity index (χ4n) is 0.777. The van der Waals surface area contributed by atoms with E-state index in [4.69, 9.17) is 39.5 Å². The van der Waals surface area contributed by atoms with Crippen LogP contribution >= 0.6 is 34.8 Å². The van der Waals surface area contributed by atoms with Gasteiger partial charge in [-0.25, -0.2) is 4.98 Å². The summed E-state index contributed by atoms with van der Waals surface area (Å²) in [5.74, 6) is -0.304. The number of pyridine rings is 1. The third kappa shape index (κ3) is 3.74. The van der Waals surface area contributed by atoms with Crippen LogP contribution in [0.25, 0.3) is 0 Å². The molecular weight excluding hydrogens is 262 g/mol. The van der Waals surface area contributed by atoms with Crippen molar-refractivity contribution >= 4 is 46.4 Å². The number of nitrogens with one attached hydrogen (secondary N) is 1. The molecule has 1 N–H and O–H groups in total. The SMILES string of the molecule is COc1ccc(NC(=O)C(Cl)(Cl)Cl)cn1. The highest BCUT2D eigenvalue weighted by atomic mass is 35.6. The third-order valence-corrected chi connectivity index (χ3v) is 1.98. The van der Waals surface area contributed by atoms with Gasteiger partial charge >= 0.3 is 0 Å². The minimum absolute atomic E-state index is 0.423. The Morgan fingerprint density at radius 1 is 1.47 bits per heavy atom. The molecule has 1 aromatic heterocycles. The van der Waals surface area contributed by atoms with Gasteiger partial charge in [0, 0.05) is 6.07 Å². The fraction of sp³-hybridized carbons (Fsp3) is 0.250. The Morgan fingerprint density at radius 2 is 2.13 bits per heavy atom. The highest BCUT2D eigenvalue weighted by molar-refractivity contribution is 6.76. The van der Waals surface area contributed by atoms with E-state index in [1.807, 2.05) is 0 Å². The lowest BCUT2D eigenvalue weighted by atomic mass is 10.4. The number of nitrogens with zero attached hydrogens (tertiary/aromatic N) is 1. The highest BCUT2D eigenvalue weighted by Crippen LogP contribution is 2.27. The molecule has 0 radical (unpaired) electrons. The number of methoxy groups -OCH3 is 1. The number of ether oxygens (including phenoxy) is 1. The molecule has 0 spiro atoms. The van der Waals surface area contributed by atoms with Gasteiger partial charge in [0.05, 0.1) is 19.0 Å². The van der Waals surface area contributed by atoms with Gasteiger partial charge < -0.3 is 10.1 Å². The van der Waals surface area contributed by atoms with Crippen LogP contribution in [0.5, 0.6) is 5.88 Å². The molecule has 0 atom stereocenters. The molecular formula is C8H7Cl3N2O2. The average molecular weight is 270 g/mol. The van der Waals surface area contributed by atoms with Crippen molar-refractivity contribution in [2.75, 3.05) is 12.4 Å². The molecule has 15 heavy (non-hydrogen) atoms. The van der Waals surface area contributed by atoms with Gasteiger partial charge in [0.1, 0.15) is 0 Å². The van der Waals surface area contributed by atoms with Crippen LogP contribution in [0.2, 0.25) is 0 Å². The van der Waals surface area contributed by atoms with Crippen LogP contribution in [-0.2, 0) is 4.79 Å². The normalized spacial score (nSPS) is 10.9. The highest BCUT2D eigenvalue weighted by Gasteiger charge is 2.30. The van der Waals surface area contributed by atoms with Crippen LogP contribution in [0, 0.1) is 0 Å². The third-order valence-electron chi connectivity index (χ3n) is 1.46. The molecule has 1 amide bonds. The zero-order valence-electron chi connectivity index (χ0n) is 7.63. The van der Waals surface area contributed by atoms with Gasteiger partial charge in [-0.15, -0.1) is 0 Å². The molecule has 1 aromatic rings. The molecule has 82 valence electrons. The standard InChI is InChI=1S/C8H7Cl3N2O2/c1-15-6-3-2-5(4-12-6)13-7(14)8(9,10)11/h2-4H,1H3,(H,13,14). The lowest BCUT2D eigenvalue weighted by Gasteiger charge is -2.10. The van der Waals surface area contributed by atoms with Crippen molar-refractivity contribution in [1.29, 1.82) is 0 Å². The van der Waals surface area contributed by atoms with E-state index in [-0.39, 0.29) is 0 Å². The van der Waals surface area contributed by atoms with E-state index in [1.54, 1.807) is 12.1 Å². The molecule has 0 aliphatic carbocycles. The summed E-state index contributed by atoms with van der Waals surface area (Å²) in [7, 11) is 1.49. The molecule has 0 aromatic carbocycles. The average Bonchev–Trinajstić information content (AvgIpc) is 2.17. The molecule has 4 nitrogen and oxygen atoms in total. The second kappa shape index (κ2) is 4.88. The molecule has 0 saturated heterocycles. The van der Waals surface area contributed by atoms with Crippen LogP contribution in [-0.4, -0.2) is 21.8 Å². The van der Waals surface area contributed by atoms with Gasteiger partial charge in [-0.3, -0.25) is 4.79 Å². The van der Waals surface area contributed by atoms with E-state index in [0.29, 0.717) is 11.6 Å². The Morgan fingerprint density at radius 3 is 2.53 bits per heavy atom. The summed E-state index contributed by atoms with van der Waals surface area (Å²) in [6, 6.07) is 3.16. The monoisotopic (exact) mass is 268 g/mol. The number of rotatable bonds is 2. The summed E-state index contributed by atoms with van der Waals surface area (Å²) < 4.78 is 2.85. The maximum Gasteiger partial charge on any atom is 0.276 e. The van der Waals surface area contributed by atoms with Crippen LogP contribution in [0.15, 0.2) is 18.3 Å². The van der Waals surface area contributed by atoms with Gasteiger partial charge in [0.2, 0.25) is 5.88 Å². The molecule has 0 fully saturated rings. The van der Waals surface area contributed by atoms with Crippen molar-refractivity contribution in [2.45, 2.75) is 3.79 Å². The predicted molar refractivity (Wildman–Crippen MR) is 59.7 cm³/mol. The molecule has 0 aliphatic rings. The molecule has 0 unspecified atom stereocenters. The van der Waals surface area contributed by atoms with Gasteiger partial charge in [-0.05, 0) is 6.07 Å². The summed E-state index contributed by atoms with van der Waals surface area (Å²) in [6.07, 6.45) is 1.40. The quantitative estimate of drug-likeness (QED) is 0.839. The summed E-state index contributed by atoms with van der Waals surface area (Å²) in [4.78, 5) is 15.1. The first kappa shape index (κ1) is 12.4. The van der Waals surface area contributed by atoms with Crippen molar-refractivity contribution in [3.63, 3.8) is 0 Å².